The van der Waals surface area contributed by atoms with Crippen LogP contribution in [0.15, 0.2) is 83.9 Å². The number of para-hydroxylation sites is 1. The summed E-state index contributed by atoms with van der Waals surface area (Å²) >= 11 is 0. The molecule has 0 atom stereocenters. The molecule has 8 heteroatoms. The normalized spacial score (nSPS) is 11.4. The fourth-order valence-corrected chi connectivity index (χ4v) is 4.36. The average molecular weight is 448 g/mol. The molecule has 2 heterocycles. The first kappa shape index (κ1) is 21.7. The molecular formula is C24H25N5O2S. The number of pyridine rings is 2. The van der Waals surface area contributed by atoms with Crippen LogP contribution in [-0.2, 0) is 16.6 Å². The van der Waals surface area contributed by atoms with Crippen molar-refractivity contribution in [3.63, 3.8) is 0 Å². The van der Waals surface area contributed by atoms with Crippen LogP contribution in [-0.4, -0.2) is 31.5 Å². The number of anilines is 2. The molecule has 32 heavy (non-hydrogen) atoms. The number of sulfonamides is 1. The number of aromatic nitrogens is 2. The van der Waals surface area contributed by atoms with Crippen molar-refractivity contribution in [3.8, 4) is 0 Å². The smallest absolute Gasteiger partial charge is 0.240 e. The van der Waals surface area contributed by atoms with E-state index in [2.05, 4.69) is 32.3 Å². The predicted molar refractivity (Wildman–Crippen MR) is 128 cm³/mol. The first-order valence-electron chi connectivity index (χ1n) is 10.3. The van der Waals surface area contributed by atoms with Crippen molar-refractivity contribution in [3.05, 3.63) is 90.3 Å². The fraction of sp³-hybridized carbons (Fsp3) is 0.167. The molecule has 3 N–H and O–H groups in total. The minimum absolute atomic E-state index is 0.0286. The molecule has 4 aromatic rings. The molecule has 0 aliphatic heterocycles. The van der Waals surface area contributed by atoms with Crippen LogP contribution in [0, 0.1) is 6.92 Å². The van der Waals surface area contributed by atoms with Gasteiger partial charge in [0.1, 0.15) is 10.7 Å². The molecule has 0 aliphatic carbocycles. The SMILES string of the molecule is Cc1cc(NCCN(Cc2ccccc2)c2ccccn2)c2cccc(S(N)(=O)=O)c2n1. The third-order valence-corrected chi connectivity index (χ3v) is 6.07. The first-order valence-corrected chi connectivity index (χ1v) is 11.8. The van der Waals surface area contributed by atoms with Gasteiger partial charge in [-0.1, -0.05) is 48.5 Å². The van der Waals surface area contributed by atoms with E-state index in [0.717, 1.165) is 23.4 Å². The van der Waals surface area contributed by atoms with Gasteiger partial charge in [0, 0.05) is 42.6 Å². The van der Waals surface area contributed by atoms with Crippen molar-refractivity contribution in [1.29, 1.82) is 0 Å². The largest absolute Gasteiger partial charge is 0.383 e. The second-order valence-electron chi connectivity index (χ2n) is 7.53. The number of nitrogens with two attached hydrogens (primary N) is 1. The summed E-state index contributed by atoms with van der Waals surface area (Å²) in [5.74, 6) is 0.894. The number of nitrogens with one attached hydrogen (secondary N) is 1. The van der Waals surface area contributed by atoms with Gasteiger partial charge in [0.05, 0.1) is 5.52 Å². The van der Waals surface area contributed by atoms with E-state index in [0.29, 0.717) is 24.3 Å². The molecule has 0 bridgehead atoms. The third kappa shape index (κ3) is 5.04. The molecule has 2 aromatic carbocycles. The second kappa shape index (κ2) is 9.33. The van der Waals surface area contributed by atoms with Crippen LogP contribution in [0.25, 0.3) is 10.9 Å². The van der Waals surface area contributed by atoms with Crippen molar-refractivity contribution >= 4 is 32.4 Å². The number of rotatable bonds is 8. The first-order chi connectivity index (χ1) is 15.4. The van der Waals surface area contributed by atoms with Gasteiger partial charge in [0.15, 0.2) is 0 Å². The van der Waals surface area contributed by atoms with E-state index in [1.807, 2.05) is 55.5 Å². The topological polar surface area (TPSA) is 101 Å². The summed E-state index contributed by atoms with van der Waals surface area (Å²) in [4.78, 5) is 11.2. The van der Waals surface area contributed by atoms with Gasteiger partial charge in [-0.05, 0) is 36.8 Å². The summed E-state index contributed by atoms with van der Waals surface area (Å²) in [5, 5.41) is 9.56. The van der Waals surface area contributed by atoms with Crippen LogP contribution >= 0.6 is 0 Å². The average Bonchev–Trinajstić information content (AvgIpc) is 2.78. The molecule has 0 spiro atoms. The Morgan fingerprint density at radius 2 is 1.78 bits per heavy atom. The summed E-state index contributed by atoms with van der Waals surface area (Å²) in [7, 11) is -3.87. The van der Waals surface area contributed by atoms with Crippen LogP contribution in [0.3, 0.4) is 0 Å². The Morgan fingerprint density at radius 1 is 1.00 bits per heavy atom. The van der Waals surface area contributed by atoms with Crippen molar-refractivity contribution in [1.82, 2.24) is 9.97 Å². The maximum Gasteiger partial charge on any atom is 0.240 e. The number of nitrogens with zero attached hydrogens (tertiary/aromatic N) is 3. The van der Waals surface area contributed by atoms with Gasteiger partial charge in [0.2, 0.25) is 10.0 Å². The standard InChI is InChI=1S/C24H25N5O2S/c1-18-16-21(20-10-7-11-22(24(20)28-18)32(25,30)31)26-14-15-29(23-12-5-6-13-27-23)17-19-8-3-2-4-9-19/h2-13,16H,14-15,17H2,1H3,(H,26,28)(H2,25,30,31). The molecule has 0 saturated carbocycles. The van der Waals surface area contributed by atoms with E-state index in [9.17, 15) is 8.42 Å². The third-order valence-electron chi connectivity index (χ3n) is 5.12. The number of hydrogen-bond acceptors (Lipinski definition) is 6. The quantitative estimate of drug-likeness (QED) is 0.427. The van der Waals surface area contributed by atoms with Crippen molar-refractivity contribution in [2.45, 2.75) is 18.4 Å². The van der Waals surface area contributed by atoms with Gasteiger partial charge in [-0.3, -0.25) is 4.98 Å². The van der Waals surface area contributed by atoms with Crippen molar-refractivity contribution in [2.75, 3.05) is 23.3 Å². The molecule has 164 valence electrons. The van der Waals surface area contributed by atoms with Crippen molar-refractivity contribution < 1.29 is 8.42 Å². The molecule has 7 nitrogen and oxygen atoms in total. The van der Waals surface area contributed by atoms with Gasteiger partial charge >= 0.3 is 0 Å². The lowest BCUT2D eigenvalue weighted by Crippen LogP contribution is -2.29. The van der Waals surface area contributed by atoms with E-state index in [4.69, 9.17) is 5.14 Å². The number of aryl methyl sites for hydroxylation is 1. The van der Waals surface area contributed by atoms with Gasteiger partial charge < -0.3 is 10.2 Å². The maximum absolute atomic E-state index is 12.0. The number of benzene rings is 2. The Bertz CT molecular complexity index is 1310. The lowest BCUT2D eigenvalue weighted by atomic mass is 10.1. The van der Waals surface area contributed by atoms with Gasteiger partial charge in [-0.15, -0.1) is 0 Å². The molecule has 0 aliphatic rings. The lowest BCUT2D eigenvalue weighted by Gasteiger charge is -2.24. The zero-order valence-corrected chi connectivity index (χ0v) is 18.6. The monoisotopic (exact) mass is 447 g/mol. The predicted octanol–water partition coefficient (Wildman–Crippen LogP) is 3.70. The van der Waals surface area contributed by atoms with Crippen LogP contribution in [0.1, 0.15) is 11.3 Å². The highest BCUT2D eigenvalue weighted by Crippen LogP contribution is 2.27. The second-order valence-corrected chi connectivity index (χ2v) is 9.06. The van der Waals surface area contributed by atoms with Crippen LogP contribution in [0.5, 0.6) is 0 Å². The number of fused-ring (bicyclic) bond motifs is 1. The van der Waals surface area contributed by atoms with Crippen LogP contribution < -0.4 is 15.4 Å². The number of hydrogen-bond donors (Lipinski definition) is 2. The van der Waals surface area contributed by atoms with Gasteiger partial charge in [-0.2, -0.15) is 0 Å². The minimum atomic E-state index is -3.87. The Labute approximate surface area is 188 Å². The summed E-state index contributed by atoms with van der Waals surface area (Å²) < 4.78 is 24.0. The molecule has 2 aromatic heterocycles. The summed E-state index contributed by atoms with van der Waals surface area (Å²) in [6.45, 7) is 3.89. The zero-order valence-electron chi connectivity index (χ0n) is 17.8. The summed E-state index contributed by atoms with van der Waals surface area (Å²) in [6.07, 6.45) is 1.79. The molecule has 4 rings (SSSR count). The molecule has 0 unspecified atom stereocenters. The fourth-order valence-electron chi connectivity index (χ4n) is 3.67. The molecule has 0 saturated heterocycles. The van der Waals surface area contributed by atoms with E-state index in [1.54, 1.807) is 12.3 Å². The number of primary sulfonamides is 1. The highest BCUT2D eigenvalue weighted by molar-refractivity contribution is 7.89. The van der Waals surface area contributed by atoms with E-state index < -0.39 is 10.0 Å². The highest BCUT2D eigenvalue weighted by Gasteiger charge is 2.16. The van der Waals surface area contributed by atoms with Gasteiger partial charge in [0.25, 0.3) is 0 Å². The highest BCUT2D eigenvalue weighted by atomic mass is 32.2. The van der Waals surface area contributed by atoms with E-state index in [1.165, 1.54) is 11.6 Å². The minimum Gasteiger partial charge on any atom is -0.383 e. The lowest BCUT2D eigenvalue weighted by molar-refractivity contribution is 0.598. The summed E-state index contributed by atoms with van der Waals surface area (Å²) in [5.41, 5.74) is 3.10. The Kier molecular flexibility index (Phi) is 6.34. The molecule has 0 amide bonds. The van der Waals surface area contributed by atoms with Crippen LogP contribution in [0.2, 0.25) is 0 Å². The molecule has 0 radical (unpaired) electrons. The molecule has 0 fully saturated rings. The zero-order chi connectivity index (χ0) is 22.6. The Balaban J connectivity index is 1.58. The van der Waals surface area contributed by atoms with E-state index in [-0.39, 0.29) is 4.90 Å². The maximum atomic E-state index is 12.0. The van der Waals surface area contributed by atoms with Crippen LogP contribution in [0.4, 0.5) is 11.5 Å². The van der Waals surface area contributed by atoms with Crippen molar-refractivity contribution in [2.24, 2.45) is 5.14 Å². The molecular weight excluding hydrogens is 422 g/mol. The summed E-state index contributed by atoms with van der Waals surface area (Å²) in [6, 6.07) is 23.0. The van der Waals surface area contributed by atoms with Gasteiger partial charge in [-0.25, -0.2) is 18.5 Å². The van der Waals surface area contributed by atoms with E-state index >= 15 is 0 Å². The Morgan fingerprint density at radius 3 is 2.50 bits per heavy atom. The Hall–Kier alpha value is -3.49.